The minimum Gasteiger partial charge on any atom is -0.489 e. The van der Waals surface area contributed by atoms with Crippen LogP contribution in [-0.2, 0) is 6.61 Å². The maximum absolute atomic E-state index is 5.84. The zero-order chi connectivity index (χ0) is 13.1. The summed E-state index contributed by atoms with van der Waals surface area (Å²) >= 11 is 5.74. The topological polar surface area (TPSA) is 22.1 Å². The molecule has 3 heteroatoms. The van der Waals surface area contributed by atoms with E-state index in [1.165, 1.54) is 16.7 Å². The molecule has 0 amide bonds. The van der Waals surface area contributed by atoms with E-state index in [2.05, 4.69) is 37.9 Å². The zero-order valence-corrected chi connectivity index (χ0v) is 11.6. The maximum atomic E-state index is 5.84. The summed E-state index contributed by atoms with van der Waals surface area (Å²) in [6.07, 6.45) is 1.74. The first kappa shape index (κ1) is 12.9. The number of aryl methyl sites for hydroxylation is 2. The summed E-state index contributed by atoms with van der Waals surface area (Å²) in [5, 5.41) is 0.501. The molecule has 0 unspecified atom stereocenters. The zero-order valence-electron chi connectivity index (χ0n) is 10.8. The summed E-state index contributed by atoms with van der Waals surface area (Å²) in [6.45, 7) is 6.75. The minimum absolute atomic E-state index is 0.501. The molecule has 0 aliphatic heterocycles. The fraction of sp³-hybridized carbons (Fsp3) is 0.267. The summed E-state index contributed by atoms with van der Waals surface area (Å²) < 4.78 is 5.84. The first-order valence-electron chi connectivity index (χ1n) is 5.87. The van der Waals surface area contributed by atoms with Gasteiger partial charge in [0.05, 0.1) is 0 Å². The van der Waals surface area contributed by atoms with Crippen LogP contribution in [-0.4, -0.2) is 4.98 Å². The van der Waals surface area contributed by atoms with Crippen molar-refractivity contribution in [2.45, 2.75) is 27.4 Å². The molecule has 0 N–H and O–H groups in total. The van der Waals surface area contributed by atoms with Crippen molar-refractivity contribution in [1.29, 1.82) is 0 Å². The second-order valence-corrected chi connectivity index (χ2v) is 4.87. The molecule has 1 aromatic heterocycles. The van der Waals surface area contributed by atoms with Gasteiger partial charge in [-0.3, -0.25) is 0 Å². The highest BCUT2D eigenvalue weighted by Crippen LogP contribution is 2.24. The Morgan fingerprint density at radius 2 is 1.94 bits per heavy atom. The molecule has 0 saturated carbocycles. The van der Waals surface area contributed by atoms with Gasteiger partial charge in [-0.15, -0.1) is 0 Å². The highest BCUT2D eigenvalue weighted by molar-refractivity contribution is 6.29. The Morgan fingerprint density at radius 1 is 1.17 bits per heavy atom. The lowest BCUT2D eigenvalue weighted by Crippen LogP contribution is -1.99. The second kappa shape index (κ2) is 5.40. The Bertz CT molecular complexity index is 549. The van der Waals surface area contributed by atoms with E-state index in [0.29, 0.717) is 11.8 Å². The highest BCUT2D eigenvalue weighted by atomic mass is 35.5. The monoisotopic (exact) mass is 261 g/mol. The lowest BCUT2D eigenvalue weighted by molar-refractivity contribution is 0.303. The molecule has 0 aliphatic rings. The summed E-state index contributed by atoms with van der Waals surface area (Å²) in [5.41, 5.74) is 4.65. The molecule has 0 aliphatic carbocycles. The van der Waals surface area contributed by atoms with Crippen molar-refractivity contribution < 1.29 is 4.74 Å². The van der Waals surface area contributed by atoms with E-state index in [0.717, 1.165) is 11.3 Å². The number of hydrogen-bond donors (Lipinski definition) is 0. The van der Waals surface area contributed by atoms with E-state index in [1.54, 1.807) is 12.3 Å². The number of benzene rings is 1. The van der Waals surface area contributed by atoms with Crippen molar-refractivity contribution in [2.24, 2.45) is 0 Å². The number of ether oxygens (including phenoxy) is 1. The fourth-order valence-corrected chi connectivity index (χ4v) is 1.92. The summed E-state index contributed by atoms with van der Waals surface area (Å²) in [4.78, 5) is 4.03. The van der Waals surface area contributed by atoms with Gasteiger partial charge < -0.3 is 4.74 Å². The van der Waals surface area contributed by atoms with E-state index in [1.807, 2.05) is 6.07 Å². The van der Waals surface area contributed by atoms with Gasteiger partial charge in [0.25, 0.3) is 0 Å². The number of hydrogen-bond acceptors (Lipinski definition) is 2. The van der Waals surface area contributed by atoms with Gasteiger partial charge in [0.2, 0.25) is 0 Å². The number of nitrogens with zero attached hydrogens (tertiary/aromatic N) is 1. The molecular formula is C15H16ClNO. The van der Waals surface area contributed by atoms with Crippen LogP contribution in [0.4, 0.5) is 0 Å². The fourth-order valence-electron chi connectivity index (χ4n) is 1.80. The minimum atomic E-state index is 0.501. The normalized spacial score (nSPS) is 10.4. The molecule has 0 saturated heterocycles. The van der Waals surface area contributed by atoms with E-state index in [9.17, 15) is 0 Å². The Balaban J connectivity index is 2.13. The number of rotatable bonds is 3. The largest absolute Gasteiger partial charge is 0.489 e. The smallest absolute Gasteiger partial charge is 0.129 e. The average Bonchev–Trinajstić information content (AvgIpc) is 2.34. The third kappa shape index (κ3) is 3.02. The molecule has 94 valence electrons. The Labute approximate surface area is 113 Å². The summed E-state index contributed by atoms with van der Waals surface area (Å²) in [7, 11) is 0. The maximum Gasteiger partial charge on any atom is 0.129 e. The van der Waals surface area contributed by atoms with Crippen LogP contribution in [0.3, 0.4) is 0 Å². The molecule has 2 rings (SSSR count). The standard InChI is InChI=1S/C15H16ClNO/c1-10-6-11(2)12(3)14(7-10)18-9-13-4-5-15(16)17-8-13/h4-8H,9H2,1-3H3. The number of pyridine rings is 1. The van der Waals surface area contributed by atoms with E-state index >= 15 is 0 Å². The number of aromatic nitrogens is 1. The molecule has 1 heterocycles. The molecule has 2 aromatic rings. The second-order valence-electron chi connectivity index (χ2n) is 4.48. The van der Waals surface area contributed by atoms with Gasteiger partial charge in [0, 0.05) is 11.8 Å². The molecule has 0 radical (unpaired) electrons. The molecule has 18 heavy (non-hydrogen) atoms. The Kier molecular flexibility index (Phi) is 3.87. The van der Waals surface area contributed by atoms with Gasteiger partial charge in [0.1, 0.15) is 17.5 Å². The SMILES string of the molecule is Cc1cc(C)c(C)c(OCc2ccc(Cl)nc2)c1. The van der Waals surface area contributed by atoms with E-state index in [4.69, 9.17) is 16.3 Å². The molecule has 2 nitrogen and oxygen atoms in total. The van der Waals surface area contributed by atoms with Gasteiger partial charge >= 0.3 is 0 Å². The lowest BCUT2D eigenvalue weighted by atomic mass is 10.1. The molecule has 0 fully saturated rings. The van der Waals surface area contributed by atoms with Crippen LogP contribution in [0.25, 0.3) is 0 Å². The molecule has 0 atom stereocenters. The molecule has 0 bridgehead atoms. The predicted molar refractivity (Wildman–Crippen MR) is 74.2 cm³/mol. The summed E-state index contributed by atoms with van der Waals surface area (Å²) in [6, 6.07) is 7.92. The van der Waals surface area contributed by atoms with Gasteiger partial charge in [0.15, 0.2) is 0 Å². The van der Waals surface area contributed by atoms with Crippen molar-refractivity contribution in [1.82, 2.24) is 4.98 Å². The predicted octanol–water partition coefficient (Wildman–Crippen LogP) is 4.24. The first-order chi connectivity index (χ1) is 8.56. The average molecular weight is 262 g/mol. The number of halogens is 1. The van der Waals surface area contributed by atoms with Crippen LogP contribution in [0.1, 0.15) is 22.3 Å². The van der Waals surface area contributed by atoms with Crippen molar-refractivity contribution in [3.63, 3.8) is 0 Å². The Hall–Kier alpha value is -1.54. The van der Waals surface area contributed by atoms with Crippen LogP contribution in [0.5, 0.6) is 5.75 Å². The van der Waals surface area contributed by atoms with Crippen LogP contribution in [0, 0.1) is 20.8 Å². The van der Waals surface area contributed by atoms with Crippen molar-refractivity contribution >= 4 is 11.6 Å². The van der Waals surface area contributed by atoms with Gasteiger partial charge in [-0.05, 0) is 49.6 Å². The van der Waals surface area contributed by atoms with Crippen LogP contribution in [0.15, 0.2) is 30.5 Å². The van der Waals surface area contributed by atoms with Crippen molar-refractivity contribution in [2.75, 3.05) is 0 Å². The molecular weight excluding hydrogens is 246 g/mol. The third-order valence-corrected chi connectivity index (χ3v) is 3.17. The van der Waals surface area contributed by atoms with Crippen LogP contribution < -0.4 is 4.74 Å². The van der Waals surface area contributed by atoms with Crippen molar-refractivity contribution in [3.05, 3.63) is 57.9 Å². The van der Waals surface area contributed by atoms with Gasteiger partial charge in [-0.25, -0.2) is 4.98 Å². The van der Waals surface area contributed by atoms with E-state index < -0.39 is 0 Å². The highest BCUT2D eigenvalue weighted by Gasteiger charge is 2.04. The quantitative estimate of drug-likeness (QED) is 0.771. The van der Waals surface area contributed by atoms with Crippen LogP contribution in [0.2, 0.25) is 5.15 Å². The van der Waals surface area contributed by atoms with E-state index in [-0.39, 0.29) is 0 Å². The summed E-state index contributed by atoms with van der Waals surface area (Å²) in [5.74, 6) is 0.933. The molecule has 0 spiro atoms. The Morgan fingerprint density at radius 3 is 2.61 bits per heavy atom. The van der Waals surface area contributed by atoms with Crippen LogP contribution >= 0.6 is 11.6 Å². The van der Waals surface area contributed by atoms with Crippen molar-refractivity contribution in [3.8, 4) is 5.75 Å². The third-order valence-electron chi connectivity index (χ3n) is 2.95. The lowest BCUT2D eigenvalue weighted by Gasteiger charge is -2.12. The van der Waals surface area contributed by atoms with Gasteiger partial charge in [-0.1, -0.05) is 23.7 Å². The first-order valence-corrected chi connectivity index (χ1v) is 6.25. The molecule has 1 aromatic carbocycles. The van der Waals surface area contributed by atoms with Gasteiger partial charge in [-0.2, -0.15) is 0 Å².